The largest absolute Gasteiger partial charge is 0.330 e. The highest BCUT2D eigenvalue weighted by Crippen LogP contribution is 2.26. The number of rotatable bonds is 2. The van der Waals surface area contributed by atoms with Gasteiger partial charge in [0, 0.05) is 18.7 Å². The summed E-state index contributed by atoms with van der Waals surface area (Å²) in [6.45, 7) is 7.49. The third-order valence-electron chi connectivity index (χ3n) is 3.49. The molecular weight excluding hydrogens is 246 g/mol. The summed E-state index contributed by atoms with van der Waals surface area (Å²) >= 11 is 0. The number of carbonyl (C=O) groups excluding carboxylic acids is 1. The quantitative estimate of drug-likeness (QED) is 0.799. The molecule has 0 spiro atoms. The zero-order valence-electron chi connectivity index (χ0n) is 12.4. The second-order valence-electron chi connectivity index (χ2n) is 4.75. The summed E-state index contributed by atoms with van der Waals surface area (Å²) in [6, 6.07) is 16.1. The maximum absolute atomic E-state index is 12.3. The molecule has 0 aromatic heterocycles. The molecule has 0 radical (unpaired) electrons. The summed E-state index contributed by atoms with van der Waals surface area (Å²) in [6.07, 6.45) is 0. The molecule has 2 aromatic rings. The fourth-order valence-corrected chi connectivity index (χ4v) is 2.48. The van der Waals surface area contributed by atoms with Gasteiger partial charge in [0.1, 0.15) is 0 Å². The Bertz CT molecular complexity index is 590. The minimum Gasteiger partial charge on any atom is -0.330 e. The zero-order valence-corrected chi connectivity index (χ0v) is 12.4. The van der Waals surface area contributed by atoms with Crippen molar-refractivity contribution < 1.29 is 4.79 Å². The van der Waals surface area contributed by atoms with Crippen LogP contribution in [0.1, 0.15) is 40.9 Å². The second-order valence-corrected chi connectivity index (χ2v) is 4.75. The van der Waals surface area contributed by atoms with Gasteiger partial charge in [0.2, 0.25) is 0 Å². The van der Waals surface area contributed by atoms with Gasteiger partial charge in [-0.1, -0.05) is 56.3 Å². The van der Waals surface area contributed by atoms with Gasteiger partial charge in [0.25, 0.3) is 5.91 Å². The van der Waals surface area contributed by atoms with Crippen LogP contribution in [0.4, 0.5) is 0 Å². The number of fused-ring (bicyclic) bond motifs is 1. The topological polar surface area (TPSA) is 20.3 Å². The Morgan fingerprint density at radius 3 is 2.35 bits per heavy atom. The Hall–Kier alpha value is -2.09. The Balaban J connectivity index is 0.000000704. The highest BCUT2D eigenvalue weighted by Gasteiger charge is 2.27. The summed E-state index contributed by atoms with van der Waals surface area (Å²) in [5.74, 6) is 0.151. The molecule has 0 N–H and O–H groups in total. The van der Waals surface area contributed by atoms with Crippen LogP contribution in [-0.2, 0) is 13.1 Å². The van der Waals surface area contributed by atoms with Crippen molar-refractivity contribution >= 4 is 5.91 Å². The van der Waals surface area contributed by atoms with Crippen LogP contribution in [0.5, 0.6) is 0 Å². The van der Waals surface area contributed by atoms with Crippen LogP contribution in [0.2, 0.25) is 0 Å². The first-order chi connectivity index (χ1) is 9.75. The van der Waals surface area contributed by atoms with E-state index in [9.17, 15) is 4.79 Å². The van der Waals surface area contributed by atoms with Gasteiger partial charge in [0.05, 0.1) is 0 Å². The van der Waals surface area contributed by atoms with Crippen LogP contribution in [0.15, 0.2) is 48.5 Å². The smallest absolute Gasteiger partial charge is 0.254 e. The molecule has 2 heteroatoms. The van der Waals surface area contributed by atoms with Crippen LogP contribution in [0, 0.1) is 6.92 Å². The third kappa shape index (κ3) is 2.74. The van der Waals surface area contributed by atoms with E-state index in [0.29, 0.717) is 6.54 Å². The molecule has 3 rings (SSSR count). The van der Waals surface area contributed by atoms with E-state index in [2.05, 4.69) is 25.1 Å². The first kappa shape index (κ1) is 14.3. The van der Waals surface area contributed by atoms with E-state index in [-0.39, 0.29) is 5.91 Å². The number of benzene rings is 2. The molecule has 2 aromatic carbocycles. The lowest BCUT2D eigenvalue weighted by Crippen LogP contribution is -2.23. The number of carbonyl (C=O) groups is 1. The summed E-state index contributed by atoms with van der Waals surface area (Å²) < 4.78 is 0. The van der Waals surface area contributed by atoms with Gasteiger partial charge in [-0.15, -0.1) is 0 Å². The predicted molar refractivity (Wildman–Crippen MR) is 82.5 cm³/mol. The molecule has 1 amide bonds. The Morgan fingerprint density at radius 1 is 1.00 bits per heavy atom. The van der Waals surface area contributed by atoms with Gasteiger partial charge < -0.3 is 4.90 Å². The predicted octanol–water partition coefficient (Wildman–Crippen LogP) is 4.18. The number of aryl methyl sites for hydroxylation is 1. The van der Waals surface area contributed by atoms with Gasteiger partial charge in [-0.3, -0.25) is 4.79 Å². The zero-order chi connectivity index (χ0) is 14.5. The molecule has 0 saturated carbocycles. The van der Waals surface area contributed by atoms with Crippen molar-refractivity contribution in [2.24, 2.45) is 0 Å². The Labute approximate surface area is 121 Å². The summed E-state index contributed by atoms with van der Waals surface area (Å²) in [7, 11) is 0. The molecule has 0 unspecified atom stereocenters. The van der Waals surface area contributed by atoms with Crippen LogP contribution in [-0.4, -0.2) is 10.8 Å². The van der Waals surface area contributed by atoms with Crippen molar-refractivity contribution in [3.63, 3.8) is 0 Å². The van der Waals surface area contributed by atoms with Crippen molar-refractivity contribution in [3.8, 4) is 0 Å². The van der Waals surface area contributed by atoms with Gasteiger partial charge in [0.15, 0.2) is 0 Å². The Kier molecular flexibility index (Phi) is 4.57. The highest BCUT2D eigenvalue weighted by atomic mass is 16.2. The van der Waals surface area contributed by atoms with Gasteiger partial charge >= 0.3 is 0 Å². The lowest BCUT2D eigenvalue weighted by Gasteiger charge is -2.15. The van der Waals surface area contributed by atoms with E-state index in [1.807, 2.05) is 49.1 Å². The minimum absolute atomic E-state index is 0.151. The molecule has 1 aliphatic rings. The highest BCUT2D eigenvalue weighted by molar-refractivity contribution is 5.98. The normalized spacial score (nSPS) is 12.8. The van der Waals surface area contributed by atoms with Crippen LogP contribution in [0.25, 0.3) is 0 Å². The first-order valence-electron chi connectivity index (χ1n) is 7.17. The van der Waals surface area contributed by atoms with E-state index >= 15 is 0 Å². The van der Waals surface area contributed by atoms with E-state index < -0.39 is 0 Å². The molecule has 2 nitrogen and oxygen atoms in total. The fourth-order valence-electron chi connectivity index (χ4n) is 2.48. The van der Waals surface area contributed by atoms with Gasteiger partial charge in [-0.25, -0.2) is 0 Å². The molecule has 0 saturated heterocycles. The molecule has 0 bridgehead atoms. The monoisotopic (exact) mass is 267 g/mol. The van der Waals surface area contributed by atoms with E-state index in [4.69, 9.17) is 0 Å². The van der Waals surface area contributed by atoms with Gasteiger partial charge in [-0.05, 0) is 29.7 Å². The van der Waals surface area contributed by atoms with Crippen molar-refractivity contribution in [1.29, 1.82) is 0 Å². The lowest BCUT2D eigenvalue weighted by atomic mass is 10.1. The third-order valence-corrected chi connectivity index (χ3v) is 3.49. The van der Waals surface area contributed by atoms with Crippen molar-refractivity contribution in [2.75, 3.05) is 0 Å². The average molecular weight is 267 g/mol. The number of hydrogen-bond donors (Lipinski definition) is 0. The van der Waals surface area contributed by atoms with Crippen LogP contribution < -0.4 is 0 Å². The molecule has 0 aliphatic carbocycles. The first-order valence-corrected chi connectivity index (χ1v) is 7.17. The number of amides is 1. The maximum atomic E-state index is 12.3. The molecule has 1 aliphatic heterocycles. The molecule has 0 atom stereocenters. The molecule has 104 valence electrons. The average Bonchev–Trinajstić information content (AvgIpc) is 2.81. The van der Waals surface area contributed by atoms with Crippen molar-refractivity contribution in [2.45, 2.75) is 33.9 Å². The summed E-state index contributed by atoms with van der Waals surface area (Å²) in [4.78, 5) is 14.2. The van der Waals surface area contributed by atoms with Gasteiger partial charge in [-0.2, -0.15) is 0 Å². The van der Waals surface area contributed by atoms with Crippen LogP contribution in [0.3, 0.4) is 0 Å². The number of nitrogens with zero attached hydrogens (tertiary/aromatic N) is 1. The van der Waals surface area contributed by atoms with Crippen LogP contribution >= 0.6 is 0 Å². The summed E-state index contributed by atoms with van der Waals surface area (Å²) in [5.41, 5.74) is 4.43. The maximum Gasteiger partial charge on any atom is 0.254 e. The summed E-state index contributed by atoms with van der Waals surface area (Å²) in [5, 5.41) is 0. The lowest BCUT2D eigenvalue weighted by molar-refractivity contribution is 0.0766. The Morgan fingerprint density at radius 2 is 1.70 bits per heavy atom. The standard InChI is InChI=1S/C16H15NO.C2H6/c1-12-6-5-9-14-15(12)11-17(16(14)18)10-13-7-3-2-4-8-13;1-2/h2-9H,10-11H2,1H3;1-2H3. The SMILES string of the molecule is CC.Cc1cccc2c1CN(Cc1ccccc1)C2=O. The minimum atomic E-state index is 0.151. The second kappa shape index (κ2) is 6.38. The van der Waals surface area contributed by atoms with E-state index in [1.54, 1.807) is 0 Å². The molecule has 20 heavy (non-hydrogen) atoms. The molecule has 0 fully saturated rings. The molecule has 1 heterocycles. The number of hydrogen-bond acceptors (Lipinski definition) is 1. The molecular formula is C18H21NO. The van der Waals surface area contributed by atoms with Crippen molar-refractivity contribution in [3.05, 3.63) is 70.8 Å². The van der Waals surface area contributed by atoms with E-state index in [0.717, 1.165) is 12.1 Å². The fraction of sp³-hybridized carbons (Fsp3) is 0.278. The van der Waals surface area contributed by atoms with Crippen molar-refractivity contribution in [1.82, 2.24) is 4.90 Å². The van der Waals surface area contributed by atoms with E-state index in [1.165, 1.54) is 16.7 Å².